The van der Waals surface area contributed by atoms with Gasteiger partial charge in [0.1, 0.15) is 6.23 Å². The van der Waals surface area contributed by atoms with Crippen LogP contribution in [0.3, 0.4) is 0 Å². The van der Waals surface area contributed by atoms with E-state index in [0.717, 1.165) is 23.9 Å². The van der Waals surface area contributed by atoms with Gasteiger partial charge in [-0.05, 0) is 6.42 Å². The predicted molar refractivity (Wildman–Crippen MR) is 46.4 cm³/mol. The van der Waals surface area contributed by atoms with Gasteiger partial charge in [0.15, 0.2) is 5.17 Å². The van der Waals surface area contributed by atoms with E-state index in [1.54, 1.807) is 11.8 Å². The van der Waals surface area contributed by atoms with Gasteiger partial charge in [0, 0.05) is 18.5 Å². The fourth-order valence-corrected chi connectivity index (χ4v) is 2.20. The predicted octanol–water partition coefficient (Wildman–Crippen LogP) is 0.627. The second kappa shape index (κ2) is 2.87. The molecule has 60 valence electrons. The average molecular weight is 170 g/mol. The zero-order chi connectivity index (χ0) is 7.68. The van der Waals surface area contributed by atoms with Crippen molar-refractivity contribution in [2.75, 3.05) is 12.3 Å². The van der Waals surface area contributed by atoms with E-state index >= 15 is 0 Å². The van der Waals surface area contributed by atoms with Crippen molar-refractivity contribution >= 4 is 16.9 Å². The first-order chi connectivity index (χ1) is 5.38. The lowest BCUT2D eigenvalue weighted by molar-refractivity contribution is 0.0842. The SMILES string of the molecule is OC1CSC2=NC=CCCN21. The van der Waals surface area contributed by atoms with Crippen LogP contribution in [0.25, 0.3) is 0 Å². The molecule has 0 spiro atoms. The summed E-state index contributed by atoms with van der Waals surface area (Å²) in [6, 6.07) is 0. The van der Waals surface area contributed by atoms with E-state index in [1.165, 1.54) is 0 Å². The van der Waals surface area contributed by atoms with Crippen LogP contribution >= 0.6 is 11.8 Å². The highest BCUT2D eigenvalue weighted by atomic mass is 32.2. The Hall–Kier alpha value is -0.480. The lowest BCUT2D eigenvalue weighted by atomic mass is 10.4. The Kier molecular flexibility index (Phi) is 1.87. The fraction of sp³-hybridized carbons (Fsp3) is 0.571. The molecule has 0 amide bonds. The van der Waals surface area contributed by atoms with Gasteiger partial charge in [-0.3, -0.25) is 0 Å². The van der Waals surface area contributed by atoms with Gasteiger partial charge in [0.25, 0.3) is 0 Å². The molecule has 1 N–H and O–H groups in total. The lowest BCUT2D eigenvalue weighted by Gasteiger charge is -2.19. The van der Waals surface area contributed by atoms with Crippen LogP contribution in [0.1, 0.15) is 6.42 Å². The number of aliphatic imine (C=N–C) groups is 1. The molecule has 0 saturated carbocycles. The number of fused-ring (bicyclic) bond motifs is 1. The summed E-state index contributed by atoms with van der Waals surface area (Å²) in [7, 11) is 0. The molecule has 0 aromatic heterocycles. The summed E-state index contributed by atoms with van der Waals surface area (Å²) in [5.74, 6) is 0.757. The molecule has 3 nitrogen and oxygen atoms in total. The zero-order valence-corrected chi connectivity index (χ0v) is 6.92. The first-order valence-corrected chi connectivity index (χ1v) is 4.67. The first-order valence-electron chi connectivity index (χ1n) is 3.68. The van der Waals surface area contributed by atoms with Crippen LogP contribution in [0.15, 0.2) is 17.3 Å². The Morgan fingerprint density at radius 1 is 1.73 bits per heavy atom. The Morgan fingerprint density at radius 2 is 2.64 bits per heavy atom. The van der Waals surface area contributed by atoms with Crippen LogP contribution in [0.2, 0.25) is 0 Å². The third-order valence-corrected chi connectivity index (χ3v) is 2.86. The van der Waals surface area contributed by atoms with Gasteiger partial charge in [-0.25, -0.2) is 4.99 Å². The van der Waals surface area contributed by atoms with E-state index in [9.17, 15) is 5.11 Å². The van der Waals surface area contributed by atoms with Crippen molar-refractivity contribution in [1.82, 2.24) is 4.90 Å². The molecule has 1 atom stereocenters. The fourth-order valence-electron chi connectivity index (χ4n) is 1.21. The molecule has 11 heavy (non-hydrogen) atoms. The topological polar surface area (TPSA) is 35.8 Å². The minimum atomic E-state index is -0.321. The van der Waals surface area contributed by atoms with Crippen LogP contribution < -0.4 is 0 Å². The van der Waals surface area contributed by atoms with Gasteiger partial charge in [-0.15, -0.1) is 0 Å². The van der Waals surface area contributed by atoms with Crippen LogP contribution in [0, 0.1) is 0 Å². The molecular weight excluding hydrogens is 160 g/mol. The van der Waals surface area contributed by atoms with Crippen molar-refractivity contribution < 1.29 is 5.11 Å². The average Bonchev–Trinajstić information content (AvgIpc) is 2.25. The maximum Gasteiger partial charge on any atom is 0.166 e. The molecule has 1 fully saturated rings. The smallest absolute Gasteiger partial charge is 0.166 e. The molecule has 0 bridgehead atoms. The van der Waals surface area contributed by atoms with E-state index in [4.69, 9.17) is 0 Å². The number of hydrogen-bond acceptors (Lipinski definition) is 4. The maximum atomic E-state index is 9.45. The van der Waals surface area contributed by atoms with E-state index < -0.39 is 0 Å². The van der Waals surface area contributed by atoms with Gasteiger partial charge in [0.05, 0.1) is 0 Å². The van der Waals surface area contributed by atoms with Gasteiger partial charge < -0.3 is 10.0 Å². The molecule has 4 heteroatoms. The maximum absolute atomic E-state index is 9.45. The minimum absolute atomic E-state index is 0.321. The Bertz CT molecular complexity index is 214. The Morgan fingerprint density at radius 3 is 3.55 bits per heavy atom. The van der Waals surface area contributed by atoms with Crippen molar-refractivity contribution in [3.8, 4) is 0 Å². The Balaban J connectivity index is 2.19. The van der Waals surface area contributed by atoms with Gasteiger partial charge in [-0.1, -0.05) is 17.8 Å². The quantitative estimate of drug-likeness (QED) is 0.579. The molecule has 2 rings (SSSR count). The standard InChI is InChI=1S/C7H10N2OS/c10-6-5-11-7-8-3-1-2-4-9(6)7/h1,3,6,10H,2,4-5H2. The number of aliphatic hydroxyl groups is 1. The van der Waals surface area contributed by atoms with E-state index in [2.05, 4.69) is 4.99 Å². The summed E-state index contributed by atoms with van der Waals surface area (Å²) in [5.41, 5.74) is 0. The monoisotopic (exact) mass is 170 g/mol. The number of nitrogens with zero attached hydrogens (tertiary/aromatic N) is 2. The summed E-state index contributed by atoms with van der Waals surface area (Å²) in [4.78, 5) is 6.15. The second-order valence-electron chi connectivity index (χ2n) is 2.57. The molecule has 0 aromatic rings. The number of thioether (sulfide) groups is 1. The van der Waals surface area contributed by atoms with Gasteiger partial charge in [-0.2, -0.15) is 0 Å². The molecule has 0 aliphatic carbocycles. The van der Waals surface area contributed by atoms with Crippen LogP contribution in [0.5, 0.6) is 0 Å². The van der Waals surface area contributed by atoms with Crippen molar-refractivity contribution in [1.29, 1.82) is 0 Å². The lowest BCUT2D eigenvalue weighted by Crippen LogP contribution is -2.33. The first kappa shape index (κ1) is 7.18. The summed E-state index contributed by atoms with van der Waals surface area (Å²) in [6.45, 7) is 0.892. The van der Waals surface area contributed by atoms with Crippen LogP contribution in [-0.2, 0) is 0 Å². The zero-order valence-electron chi connectivity index (χ0n) is 6.10. The summed E-state index contributed by atoms with van der Waals surface area (Å²) in [6.07, 6.45) is 4.50. The van der Waals surface area contributed by atoms with Crippen molar-refractivity contribution in [2.45, 2.75) is 12.6 Å². The molecule has 0 radical (unpaired) electrons. The number of amidine groups is 1. The number of aliphatic hydroxyl groups excluding tert-OH is 1. The van der Waals surface area contributed by atoms with Crippen LogP contribution in [-0.4, -0.2) is 33.7 Å². The van der Waals surface area contributed by atoms with Crippen LogP contribution in [0.4, 0.5) is 0 Å². The van der Waals surface area contributed by atoms with Gasteiger partial charge in [0.2, 0.25) is 0 Å². The number of hydrogen-bond donors (Lipinski definition) is 1. The van der Waals surface area contributed by atoms with Gasteiger partial charge >= 0.3 is 0 Å². The number of rotatable bonds is 0. The third-order valence-electron chi connectivity index (χ3n) is 1.79. The van der Waals surface area contributed by atoms with E-state index in [-0.39, 0.29) is 6.23 Å². The summed E-state index contributed by atoms with van der Waals surface area (Å²) >= 11 is 1.62. The normalized spacial score (nSPS) is 29.7. The van der Waals surface area contributed by atoms with E-state index in [0.29, 0.717) is 0 Å². The summed E-state index contributed by atoms with van der Waals surface area (Å²) in [5, 5.41) is 10.4. The molecular formula is C7H10N2OS. The van der Waals surface area contributed by atoms with Crippen molar-refractivity contribution in [3.05, 3.63) is 12.3 Å². The van der Waals surface area contributed by atoms with Crippen molar-refractivity contribution in [3.63, 3.8) is 0 Å². The minimum Gasteiger partial charge on any atom is -0.373 e. The Labute approximate surface area is 69.8 Å². The molecule has 2 aliphatic rings. The van der Waals surface area contributed by atoms with Crippen molar-refractivity contribution in [2.24, 2.45) is 4.99 Å². The highest BCUT2D eigenvalue weighted by Gasteiger charge is 2.27. The second-order valence-corrected chi connectivity index (χ2v) is 3.56. The molecule has 2 aliphatic heterocycles. The molecule has 0 aromatic carbocycles. The third kappa shape index (κ3) is 1.28. The molecule has 1 unspecified atom stereocenters. The van der Waals surface area contributed by atoms with E-state index in [1.807, 2.05) is 17.2 Å². The largest absolute Gasteiger partial charge is 0.373 e. The molecule has 2 heterocycles. The molecule has 1 saturated heterocycles. The highest BCUT2D eigenvalue weighted by molar-refractivity contribution is 8.14. The summed E-state index contributed by atoms with van der Waals surface area (Å²) < 4.78 is 0. The highest BCUT2D eigenvalue weighted by Crippen LogP contribution is 2.24.